The molecule has 3 amide bonds. The van der Waals surface area contributed by atoms with E-state index in [1.807, 2.05) is 54.6 Å². The van der Waals surface area contributed by atoms with Crippen LogP contribution in [0.5, 0.6) is 0 Å². The molecule has 6 rings (SSSR count). The van der Waals surface area contributed by atoms with Gasteiger partial charge in [-0.1, -0.05) is 59.8 Å². The van der Waals surface area contributed by atoms with Crippen LogP contribution < -0.4 is 0 Å². The van der Waals surface area contributed by atoms with Gasteiger partial charge in [0.1, 0.15) is 23.8 Å². The Hall–Kier alpha value is -4.35. The van der Waals surface area contributed by atoms with Crippen LogP contribution in [0.2, 0.25) is 0 Å². The molecule has 2 aromatic carbocycles. The molecule has 0 radical (unpaired) electrons. The Morgan fingerprint density at radius 2 is 1.84 bits per heavy atom. The second-order valence-corrected chi connectivity index (χ2v) is 11.9. The highest BCUT2D eigenvalue weighted by Gasteiger charge is 2.75. The third-order valence-electron chi connectivity index (χ3n) is 9.34. The number of ether oxygens (including phenoxy) is 1. The van der Waals surface area contributed by atoms with Crippen LogP contribution in [0.4, 0.5) is 0 Å². The molecule has 2 unspecified atom stereocenters. The maximum atomic E-state index is 14.8. The molecule has 1 spiro atoms. The number of aliphatic hydroxyl groups excluding tert-OH is 1. The van der Waals surface area contributed by atoms with E-state index in [-0.39, 0.29) is 37.5 Å². The number of hydrogen-bond donors (Lipinski definition) is 1. The average molecular weight is 599 g/mol. The lowest BCUT2D eigenvalue weighted by molar-refractivity contribution is -0.152. The van der Waals surface area contributed by atoms with Crippen LogP contribution in [0.1, 0.15) is 18.4 Å². The molecule has 11 nitrogen and oxygen atoms in total. The summed E-state index contributed by atoms with van der Waals surface area (Å²) < 4.78 is 8.28. The second kappa shape index (κ2) is 12.0. The highest BCUT2D eigenvalue weighted by molar-refractivity contribution is 5.99. The van der Waals surface area contributed by atoms with Crippen molar-refractivity contribution in [1.82, 2.24) is 29.7 Å². The number of carbonyl (C=O) groups excluding carboxylic acids is 3. The van der Waals surface area contributed by atoms with Crippen LogP contribution in [-0.4, -0.2) is 103 Å². The van der Waals surface area contributed by atoms with E-state index in [0.29, 0.717) is 31.3 Å². The lowest BCUT2D eigenvalue weighted by atomic mass is 9.70. The zero-order valence-corrected chi connectivity index (χ0v) is 24.9. The average Bonchev–Trinajstić information content (AvgIpc) is 3.79. The van der Waals surface area contributed by atoms with Crippen molar-refractivity contribution >= 4 is 28.8 Å². The van der Waals surface area contributed by atoms with E-state index in [1.54, 1.807) is 33.7 Å². The van der Waals surface area contributed by atoms with Crippen molar-refractivity contribution in [2.45, 2.75) is 49.7 Å². The second-order valence-electron chi connectivity index (χ2n) is 11.9. The van der Waals surface area contributed by atoms with E-state index in [1.165, 1.54) is 4.90 Å². The molecule has 2 bridgehead atoms. The Morgan fingerprint density at radius 3 is 2.57 bits per heavy atom. The third-order valence-corrected chi connectivity index (χ3v) is 9.34. The predicted octanol–water partition coefficient (Wildman–Crippen LogP) is 2.03. The predicted molar refractivity (Wildman–Crippen MR) is 163 cm³/mol. The molecular formula is C33H38N6O5. The summed E-state index contributed by atoms with van der Waals surface area (Å²) in [6.45, 7) is 7.85. The monoisotopic (exact) mass is 598 g/mol. The summed E-state index contributed by atoms with van der Waals surface area (Å²) in [6.07, 6.45) is 4.13. The van der Waals surface area contributed by atoms with Crippen molar-refractivity contribution < 1.29 is 24.2 Å². The van der Waals surface area contributed by atoms with Crippen molar-refractivity contribution in [2.75, 3.05) is 26.7 Å². The van der Waals surface area contributed by atoms with E-state index >= 15 is 0 Å². The smallest absolute Gasteiger partial charge is 0.250 e. The standard InChI is InChI=1S/C33H38N6O5/c1-4-17-36(3)30(41)27-26-15-16-33(44-26)28(27)31(42)39(23(20-40)19-22-11-7-6-8-12-22)29(33)32(43)37(18-5-2)21-38-25-14-10-9-13-24(25)34-35-38/h4-14,23,26-29,40H,1-2,15-21H2,3H3/t23-,26+,27-,28+,29?,33?/m1/s1. The third kappa shape index (κ3) is 4.80. The quantitative estimate of drug-likeness (QED) is 0.317. The Kier molecular flexibility index (Phi) is 8.08. The molecule has 1 N–H and O–H groups in total. The van der Waals surface area contributed by atoms with Gasteiger partial charge in [0.05, 0.1) is 36.1 Å². The van der Waals surface area contributed by atoms with Crippen LogP contribution in [0.25, 0.3) is 11.0 Å². The number of nitrogens with zero attached hydrogens (tertiary/aromatic N) is 6. The molecule has 3 aliphatic heterocycles. The number of carbonyl (C=O) groups is 3. The van der Waals surface area contributed by atoms with Crippen LogP contribution in [0.3, 0.4) is 0 Å². The lowest BCUT2D eigenvalue weighted by Gasteiger charge is -2.39. The Labute approximate surface area is 256 Å². The fraction of sp³-hybridized carbons (Fsp3) is 0.424. The van der Waals surface area contributed by atoms with E-state index in [2.05, 4.69) is 23.5 Å². The first-order valence-electron chi connectivity index (χ1n) is 15.0. The summed E-state index contributed by atoms with van der Waals surface area (Å²) in [5.74, 6) is -2.47. The van der Waals surface area contributed by atoms with E-state index in [9.17, 15) is 19.5 Å². The van der Waals surface area contributed by atoms with Gasteiger partial charge in [-0.3, -0.25) is 14.4 Å². The zero-order valence-electron chi connectivity index (χ0n) is 24.9. The summed E-state index contributed by atoms with van der Waals surface area (Å²) in [4.78, 5) is 47.8. The van der Waals surface area contributed by atoms with Crippen molar-refractivity contribution in [3.05, 3.63) is 85.5 Å². The van der Waals surface area contributed by atoms with E-state index in [0.717, 1.165) is 11.1 Å². The number of aromatic nitrogens is 3. The largest absolute Gasteiger partial charge is 0.394 e. The Bertz CT molecular complexity index is 1570. The molecule has 44 heavy (non-hydrogen) atoms. The van der Waals surface area contributed by atoms with Gasteiger partial charge in [0.15, 0.2) is 0 Å². The molecule has 11 heteroatoms. The molecule has 3 saturated heterocycles. The minimum atomic E-state index is -1.21. The summed E-state index contributed by atoms with van der Waals surface area (Å²) in [5, 5.41) is 19.2. The summed E-state index contributed by atoms with van der Waals surface area (Å²) in [7, 11) is 1.68. The lowest BCUT2D eigenvalue weighted by Crippen LogP contribution is -2.59. The molecule has 1 aromatic heterocycles. The van der Waals surface area contributed by atoms with Gasteiger partial charge in [-0.15, -0.1) is 18.3 Å². The summed E-state index contributed by atoms with van der Waals surface area (Å²) >= 11 is 0. The molecule has 3 aromatic rings. The van der Waals surface area contributed by atoms with E-state index in [4.69, 9.17) is 4.74 Å². The Morgan fingerprint density at radius 1 is 1.11 bits per heavy atom. The number of fused-ring (bicyclic) bond motifs is 2. The first kappa shape index (κ1) is 29.7. The number of rotatable bonds is 12. The number of amides is 3. The SMILES string of the molecule is C=CCN(C)C(=O)[C@@H]1[C@@H]2CCC3(O2)C(C(=O)N(CC=C)Cn2nnc4ccccc42)N([C@@H](CO)Cc2ccccc2)C(=O)[C@H]13. The first-order valence-corrected chi connectivity index (χ1v) is 15.0. The fourth-order valence-corrected chi connectivity index (χ4v) is 7.45. The number of likely N-dealkylation sites (tertiary alicyclic amines) is 1. The summed E-state index contributed by atoms with van der Waals surface area (Å²) in [5.41, 5.74) is 1.17. The topological polar surface area (TPSA) is 121 Å². The zero-order chi connectivity index (χ0) is 31.0. The molecule has 0 saturated carbocycles. The minimum Gasteiger partial charge on any atom is -0.394 e. The highest BCUT2D eigenvalue weighted by atomic mass is 16.5. The molecule has 0 aliphatic carbocycles. The van der Waals surface area contributed by atoms with Gasteiger partial charge in [0, 0.05) is 20.1 Å². The minimum absolute atomic E-state index is 0.0704. The van der Waals surface area contributed by atoms with Gasteiger partial charge < -0.3 is 24.5 Å². The molecule has 3 fully saturated rings. The molecule has 3 aliphatic rings. The summed E-state index contributed by atoms with van der Waals surface area (Å²) in [6, 6.07) is 15.3. The number of likely N-dealkylation sites (N-methyl/N-ethyl adjacent to an activating group) is 1. The van der Waals surface area contributed by atoms with Gasteiger partial charge >= 0.3 is 0 Å². The highest BCUT2D eigenvalue weighted by Crippen LogP contribution is 2.59. The fourth-order valence-electron chi connectivity index (χ4n) is 7.45. The maximum absolute atomic E-state index is 14.8. The number of benzene rings is 2. The number of aliphatic hydroxyl groups is 1. The van der Waals surface area contributed by atoms with Gasteiger partial charge in [-0.25, -0.2) is 4.68 Å². The Balaban J connectivity index is 1.41. The van der Waals surface area contributed by atoms with Crippen molar-refractivity contribution in [2.24, 2.45) is 11.8 Å². The normalized spacial score (nSPS) is 26.0. The molecule has 6 atom stereocenters. The molecule has 230 valence electrons. The number of hydrogen-bond acceptors (Lipinski definition) is 7. The number of para-hydroxylation sites is 1. The maximum Gasteiger partial charge on any atom is 0.250 e. The van der Waals surface area contributed by atoms with Gasteiger partial charge in [0.2, 0.25) is 17.7 Å². The van der Waals surface area contributed by atoms with Crippen molar-refractivity contribution in [3.8, 4) is 0 Å². The van der Waals surface area contributed by atoms with Crippen LogP contribution >= 0.6 is 0 Å². The van der Waals surface area contributed by atoms with Crippen LogP contribution in [-0.2, 0) is 32.2 Å². The van der Waals surface area contributed by atoms with E-state index < -0.39 is 35.6 Å². The molecular weight excluding hydrogens is 560 g/mol. The van der Waals surface area contributed by atoms with Gasteiger partial charge in [-0.2, -0.15) is 0 Å². The van der Waals surface area contributed by atoms with Crippen molar-refractivity contribution in [1.29, 1.82) is 0 Å². The first-order chi connectivity index (χ1) is 21.3. The van der Waals surface area contributed by atoms with Gasteiger partial charge in [0.25, 0.3) is 0 Å². The van der Waals surface area contributed by atoms with Crippen molar-refractivity contribution in [3.63, 3.8) is 0 Å². The van der Waals surface area contributed by atoms with Crippen LogP contribution in [0, 0.1) is 11.8 Å². The van der Waals surface area contributed by atoms with Gasteiger partial charge in [-0.05, 0) is 37.0 Å². The molecule has 4 heterocycles. The van der Waals surface area contributed by atoms with Crippen LogP contribution in [0.15, 0.2) is 79.9 Å².